The van der Waals surface area contributed by atoms with Gasteiger partial charge in [0.1, 0.15) is 20.7 Å². The second kappa shape index (κ2) is 5.95. The third-order valence-electron chi connectivity index (χ3n) is 1.92. The van der Waals surface area contributed by atoms with Crippen LogP contribution in [0.3, 0.4) is 0 Å². The zero-order valence-electron chi connectivity index (χ0n) is 10.2. The molecular weight excluding hydrogens is 303 g/mol. The van der Waals surface area contributed by atoms with Crippen LogP contribution in [0.2, 0.25) is 0 Å². The predicted molar refractivity (Wildman–Crippen MR) is 67.0 cm³/mol. The third kappa shape index (κ3) is 5.64. The molecule has 19 heavy (non-hydrogen) atoms. The van der Waals surface area contributed by atoms with Gasteiger partial charge in [0.25, 0.3) is 0 Å². The molecule has 1 heterocycles. The minimum Gasteiger partial charge on any atom is -0.373 e. The second-order valence-electron chi connectivity index (χ2n) is 3.64. The van der Waals surface area contributed by atoms with E-state index >= 15 is 0 Å². The molecule has 0 bridgehead atoms. The molecule has 1 rings (SSSR count). The van der Waals surface area contributed by atoms with Crippen molar-refractivity contribution in [2.45, 2.75) is 11.2 Å². The Labute approximate surface area is 112 Å². The Morgan fingerprint density at radius 3 is 2.47 bits per heavy atom. The molecule has 0 aliphatic heterocycles. The molecular formula is C9H12F3N3O2S2. The number of sulfone groups is 1. The highest BCUT2D eigenvalue weighted by atomic mass is 32.2. The van der Waals surface area contributed by atoms with E-state index in [1.54, 1.807) is 0 Å². The van der Waals surface area contributed by atoms with Crippen LogP contribution < -0.4 is 5.32 Å². The lowest BCUT2D eigenvalue weighted by atomic mass is 10.5. The minimum atomic E-state index is -4.64. The topological polar surface area (TPSA) is 72.0 Å². The maximum absolute atomic E-state index is 12.5. The van der Waals surface area contributed by atoms with Gasteiger partial charge in [0.2, 0.25) is 5.82 Å². The molecule has 0 aliphatic carbocycles. The van der Waals surface area contributed by atoms with E-state index in [1.165, 1.54) is 13.1 Å². The lowest BCUT2D eigenvalue weighted by Gasteiger charge is -2.09. The monoisotopic (exact) mass is 315 g/mol. The van der Waals surface area contributed by atoms with Crippen LogP contribution in [0.15, 0.2) is 11.1 Å². The molecule has 1 N–H and O–H groups in total. The molecule has 0 atom stereocenters. The maximum Gasteiger partial charge on any atom is 0.451 e. The van der Waals surface area contributed by atoms with Gasteiger partial charge in [-0.2, -0.15) is 13.2 Å². The van der Waals surface area contributed by atoms with E-state index in [9.17, 15) is 21.6 Å². The highest BCUT2D eigenvalue weighted by Crippen LogP contribution is 2.29. The lowest BCUT2D eigenvalue weighted by molar-refractivity contribution is -0.145. The SMILES string of the molecule is CNc1cc(SCCS(C)(=O)=O)nc(C(F)(F)F)n1. The largest absolute Gasteiger partial charge is 0.451 e. The smallest absolute Gasteiger partial charge is 0.373 e. The quantitative estimate of drug-likeness (QED) is 0.658. The van der Waals surface area contributed by atoms with Crippen molar-refractivity contribution >= 4 is 27.4 Å². The summed E-state index contributed by atoms with van der Waals surface area (Å²) in [7, 11) is -1.71. The summed E-state index contributed by atoms with van der Waals surface area (Å²) in [6.07, 6.45) is -3.58. The first-order valence-corrected chi connectivity index (χ1v) is 8.11. The van der Waals surface area contributed by atoms with Crippen LogP contribution in [0.5, 0.6) is 0 Å². The summed E-state index contributed by atoms with van der Waals surface area (Å²) < 4.78 is 59.5. The number of thioether (sulfide) groups is 1. The van der Waals surface area contributed by atoms with Gasteiger partial charge >= 0.3 is 6.18 Å². The highest BCUT2D eigenvalue weighted by Gasteiger charge is 2.35. The van der Waals surface area contributed by atoms with E-state index in [2.05, 4.69) is 15.3 Å². The molecule has 0 aliphatic rings. The summed E-state index contributed by atoms with van der Waals surface area (Å²) in [4.78, 5) is 6.67. The Morgan fingerprint density at radius 2 is 2.00 bits per heavy atom. The van der Waals surface area contributed by atoms with Crippen LogP contribution in [0, 0.1) is 0 Å². The fraction of sp³-hybridized carbons (Fsp3) is 0.556. The number of hydrogen-bond donors (Lipinski definition) is 1. The van der Waals surface area contributed by atoms with Gasteiger partial charge in [-0.1, -0.05) is 0 Å². The Hall–Kier alpha value is -1.03. The van der Waals surface area contributed by atoms with Crippen LogP contribution in [0.1, 0.15) is 5.82 Å². The molecule has 0 fully saturated rings. The molecule has 0 saturated carbocycles. The summed E-state index contributed by atoms with van der Waals surface area (Å²) in [6, 6.07) is 1.34. The highest BCUT2D eigenvalue weighted by molar-refractivity contribution is 8.00. The first kappa shape index (κ1) is 16.0. The molecule has 1 aromatic heterocycles. The van der Waals surface area contributed by atoms with Crippen molar-refractivity contribution < 1.29 is 21.6 Å². The number of anilines is 1. The summed E-state index contributed by atoms with van der Waals surface area (Å²) in [5.74, 6) is -1.21. The summed E-state index contributed by atoms with van der Waals surface area (Å²) in [5.41, 5.74) is 0. The van der Waals surface area contributed by atoms with Crippen LogP contribution in [-0.4, -0.2) is 43.2 Å². The Balaban J connectivity index is 2.89. The van der Waals surface area contributed by atoms with E-state index in [4.69, 9.17) is 0 Å². The minimum absolute atomic E-state index is 0.0316. The molecule has 0 unspecified atom stereocenters. The summed E-state index contributed by atoms with van der Waals surface area (Å²) >= 11 is 0.937. The van der Waals surface area contributed by atoms with E-state index in [1.807, 2.05) is 0 Å². The zero-order valence-corrected chi connectivity index (χ0v) is 11.8. The molecule has 0 radical (unpaired) electrons. The van der Waals surface area contributed by atoms with Gasteiger partial charge in [0.15, 0.2) is 0 Å². The number of nitrogens with zero attached hydrogens (tertiary/aromatic N) is 2. The van der Waals surface area contributed by atoms with Crippen LogP contribution >= 0.6 is 11.8 Å². The van der Waals surface area contributed by atoms with Crippen molar-refractivity contribution in [2.24, 2.45) is 0 Å². The number of rotatable bonds is 5. The predicted octanol–water partition coefficient (Wildman–Crippen LogP) is 1.67. The number of aromatic nitrogens is 2. The number of alkyl halides is 3. The first-order chi connectivity index (χ1) is 8.62. The number of hydrogen-bond acceptors (Lipinski definition) is 6. The van der Waals surface area contributed by atoms with Gasteiger partial charge in [0, 0.05) is 25.1 Å². The van der Waals surface area contributed by atoms with Crippen molar-refractivity contribution in [1.82, 2.24) is 9.97 Å². The van der Waals surface area contributed by atoms with Crippen molar-refractivity contribution in [3.05, 3.63) is 11.9 Å². The van der Waals surface area contributed by atoms with E-state index in [0.717, 1.165) is 18.0 Å². The van der Waals surface area contributed by atoms with Gasteiger partial charge in [-0.25, -0.2) is 18.4 Å². The van der Waals surface area contributed by atoms with E-state index in [0.29, 0.717) is 0 Å². The first-order valence-electron chi connectivity index (χ1n) is 5.06. The maximum atomic E-state index is 12.5. The fourth-order valence-corrected chi connectivity index (χ4v) is 3.15. The Morgan fingerprint density at radius 1 is 1.37 bits per heavy atom. The van der Waals surface area contributed by atoms with Crippen LogP contribution in [-0.2, 0) is 16.0 Å². The van der Waals surface area contributed by atoms with Crippen molar-refractivity contribution in [3.63, 3.8) is 0 Å². The third-order valence-corrected chi connectivity index (χ3v) is 4.03. The molecule has 0 amide bonds. The average Bonchev–Trinajstić information content (AvgIpc) is 2.25. The van der Waals surface area contributed by atoms with Gasteiger partial charge in [0.05, 0.1) is 5.75 Å². The number of halogens is 3. The normalized spacial score (nSPS) is 12.5. The standard InChI is InChI=1S/C9H12F3N3O2S2/c1-13-6-5-7(18-3-4-19(2,16)17)15-8(14-6)9(10,11)12/h5H,3-4H2,1-2H3,(H,13,14,15). The van der Waals surface area contributed by atoms with Crippen molar-refractivity contribution in [1.29, 1.82) is 0 Å². The van der Waals surface area contributed by atoms with Crippen molar-refractivity contribution in [2.75, 3.05) is 30.1 Å². The Kier molecular flexibility index (Phi) is 5.02. The van der Waals surface area contributed by atoms with Gasteiger partial charge in [-0.05, 0) is 0 Å². The molecule has 1 aromatic rings. The molecule has 108 valence electrons. The Bertz CT molecular complexity index is 546. The molecule has 10 heteroatoms. The van der Waals surface area contributed by atoms with Crippen LogP contribution in [0.25, 0.3) is 0 Å². The molecule has 0 aromatic carbocycles. The van der Waals surface area contributed by atoms with Crippen LogP contribution in [0.4, 0.5) is 19.0 Å². The fourth-order valence-electron chi connectivity index (χ4n) is 1.05. The summed E-state index contributed by atoms with van der Waals surface area (Å²) in [5, 5.41) is 2.58. The summed E-state index contributed by atoms with van der Waals surface area (Å²) in [6.45, 7) is 0. The zero-order chi connectivity index (χ0) is 14.7. The number of nitrogens with one attached hydrogen (secondary N) is 1. The second-order valence-corrected chi connectivity index (χ2v) is 7.02. The molecule has 5 nitrogen and oxygen atoms in total. The average molecular weight is 315 g/mol. The van der Waals surface area contributed by atoms with E-state index in [-0.39, 0.29) is 22.3 Å². The van der Waals surface area contributed by atoms with E-state index < -0.39 is 21.8 Å². The van der Waals surface area contributed by atoms with Gasteiger partial charge in [-0.15, -0.1) is 11.8 Å². The van der Waals surface area contributed by atoms with Gasteiger partial charge < -0.3 is 5.32 Å². The molecule has 0 saturated heterocycles. The molecule has 0 spiro atoms. The van der Waals surface area contributed by atoms with Crippen molar-refractivity contribution in [3.8, 4) is 0 Å². The van der Waals surface area contributed by atoms with Gasteiger partial charge in [-0.3, -0.25) is 0 Å². The lowest BCUT2D eigenvalue weighted by Crippen LogP contribution is -2.13.